The molecule has 0 aliphatic carbocycles. The summed E-state index contributed by atoms with van der Waals surface area (Å²) >= 11 is 5.76. The van der Waals surface area contributed by atoms with Gasteiger partial charge in [-0.3, -0.25) is 5.84 Å². The monoisotopic (exact) mass is 198 g/mol. The summed E-state index contributed by atoms with van der Waals surface area (Å²) in [5.41, 5.74) is 4.88. The summed E-state index contributed by atoms with van der Waals surface area (Å²) in [7, 11) is 0. The predicted molar refractivity (Wildman–Crippen MR) is 49.4 cm³/mol. The quantitative estimate of drug-likeness (QED) is 0.412. The van der Waals surface area contributed by atoms with Crippen molar-refractivity contribution in [1.82, 2.24) is 10.1 Å². The first-order valence-corrected chi connectivity index (χ1v) is 3.99. The molecule has 0 aliphatic heterocycles. The number of fused-ring (bicyclic) bond motifs is 1. The van der Waals surface area contributed by atoms with E-state index in [4.69, 9.17) is 22.0 Å². The highest BCUT2D eigenvalue weighted by atomic mass is 35.5. The topological polar surface area (TPSA) is 77.0 Å². The lowest BCUT2D eigenvalue weighted by Crippen LogP contribution is -2.07. The van der Waals surface area contributed by atoms with Gasteiger partial charge in [-0.15, -0.1) is 0 Å². The third-order valence-electron chi connectivity index (χ3n) is 1.71. The minimum atomic E-state index is 0.353. The molecule has 5 nitrogen and oxygen atoms in total. The molecule has 68 valence electrons. The van der Waals surface area contributed by atoms with Crippen LogP contribution in [0.3, 0.4) is 0 Å². The van der Waals surface area contributed by atoms with Gasteiger partial charge in [0.25, 0.3) is 0 Å². The van der Waals surface area contributed by atoms with E-state index in [0.717, 1.165) is 0 Å². The molecular formula is C7H7ClN4O. The van der Waals surface area contributed by atoms with E-state index in [0.29, 0.717) is 27.6 Å². The Morgan fingerprint density at radius 2 is 2.38 bits per heavy atom. The SMILES string of the molecule is Cc1noc2c(NN)cc(Cl)nc12. The second-order valence-electron chi connectivity index (χ2n) is 2.58. The number of hydrogen-bond acceptors (Lipinski definition) is 5. The maximum Gasteiger partial charge on any atom is 0.210 e. The number of nitrogens with zero attached hydrogens (tertiary/aromatic N) is 2. The van der Waals surface area contributed by atoms with Crippen LogP contribution in [-0.4, -0.2) is 10.1 Å². The largest absolute Gasteiger partial charge is 0.352 e. The second kappa shape index (κ2) is 2.86. The Bertz CT molecular complexity index is 453. The van der Waals surface area contributed by atoms with Crippen molar-refractivity contribution in [3.8, 4) is 0 Å². The zero-order chi connectivity index (χ0) is 9.42. The highest BCUT2D eigenvalue weighted by Crippen LogP contribution is 2.26. The van der Waals surface area contributed by atoms with Crippen molar-refractivity contribution in [3.63, 3.8) is 0 Å². The first-order valence-electron chi connectivity index (χ1n) is 3.61. The number of anilines is 1. The van der Waals surface area contributed by atoms with Crippen molar-refractivity contribution in [1.29, 1.82) is 0 Å². The van der Waals surface area contributed by atoms with Gasteiger partial charge < -0.3 is 9.95 Å². The molecular weight excluding hydrogens is 192 g/mol. The fourth-order valence-electron chi connectivity index (χ4n) is 1.10. The lowest BCUT2D eigenvalue weighted by atomic mass is 10.3. The van der Waals surface area contributed by atoms with Gasteiger partial charge in [0.05, 0.1) is 5.69 Å². The van der Waals surface area contributed by atoms with Crippen LogP contribution in [0.25, 0.3) is 11.1 Å². The number of nitrogens with one attached hydrogen (secondary N) is 1. The molecule has 0 amide bonds. The Labute approximate surface area is 78.8 Å². The van der Waals surface area contributed by atoms with Gasteiger partial charge in [-0.1, -0.05) is 16.8 Å². The van der Waals surface area contributed by atoms with Crippen molar-refractivity contribution in [2.75, 3.05) is 5.43 Å². The molecule has 0 saturated carbocycles. The minimum absolute atomic E-state index is 0.353. The number of hydrogen-bond donors (Lipinski definition) is 2. The van der Waals surface area contributed by atoms with Crippen LogP contribution < -0.4 is 11.3 Å². The molecule has 2 heterocycles. The molecule has 0 aliphatic rings. The molecule has 3 N–H and O–H groups in total. The summed E-state index contributed by atoms with van der Waals surface area (Å²) in [6.45, 7) is 1.79. The van der Waals surface area contributed by atoms with Gasteiger partial charge >= 0.3 is 0 Å². The first-order chi connectivity index (χ1) is 6.22. The predicted octanol–water partition coefficient (Wildman–Crippen LogP) is 1.47. The molecule has 13 heavy (non-hydrogen) atoms. The Morgan fingerprint density at radius 1 is 1.62 bits per heavy atom. The maximum atomic E-state index is 5.76. The van der Waals surface area contributed by atoms with Crippen molar-refractivity contribution in [2.24, 2.45) is 5.84 Å². The van der Waals surface area contributed by atoms with E-state index in [2.05, 4.69) is 15.6 Å². The Hall–Kier alpha value is -1.33. The van der Waals surface area contributed by atoms with E-state index in [1.165, 1.54) is 0 Å². The number of rotatable bonds is 1. The third kappa shape index (κ3) is 1.22. The van der Waals surface area contributed by atoms with Crippen LogP contribution in [0.1, 0.15) is 5.69 Å². The first kappa shape index (κ1) is 8.28. The maximum absolute atomic E-state index is 5.76. The number of nitrogens with two attached hydrogens (primary N) is 1. The molecule has 0 spiro atoms. The molecule has 0 saturated heterocycles. The number of pyridine rings is 1. The average molecular weight is 199 g/mol. The second-order valence-corrected chi connectivity index (χ2v) is 2.97. The normalized spacial score (nSPS) is 10.7. The summed E-state index contributed by atoms with van der Waals surface area (Å²) in [5.74, 6) is 5.27. The average Bonchev–Trinajstić information content (AvgIpc) is 2.47. The molecule has 0 unspecified atom stereocenters. The van der Waals surface area contributed by atoms with Gasteiger partial charge in [0, 0.05) is 6.07 Å². The standard InChI is InChI=1S/C7H7ClN4O/c1-3-6-7(13-12-3)4(11-9)2-5(8)10-6/h2H,9H2,1H3,(H,10,11). The Kier molecular flexibility index (Phi) is 1.82. The zero-order valence-corrected chi connectivity index (χ0v) is 7.59. The smallest absolute Gasteiger partial charge is 0.210 e. The molecule has 2 aromatic heterocycles. The van der Waals surface area contributed by atoms with Crippen molar-refractivity contribution in [3.05, 3.63) is 16.9 Å². The lowest BCUT2D eigenvalue weighted by Gasteiger charge is -1.99. The van der Waals surface area contributed by atoms with E-state index < -0.39 is 0 Å². The third-order valence-corrected chi connectivity index (χ3v) is 1.91. The van der Waals surface area contributed by atoms with Crippen LogP contribution >= 0.6 is 11.6 Å². The van der Waals surface area contributed by atoms with Crippen LogP contribution in [0.2, 0.25) is 5.15 Å². The van der Waals surface area contributed by atoms with Crippen LogP contribution in [-0.2, 0) is 0 Å². The van der Waals surface area contributed by atoms with Gasteiger partial charge in [-0.2, -0.15) is 0 Å². The van der Waals surface area contributed by atoms with Crippen LogP contribution in [0.4, 0.5) is 5.69 Å². The Balaban J connectivity index is 2.84. The molecule has 0 aromatic carbocycles. The molecule has 6 heteroatoms. The fourth-order valence-corrected chi connectivity index (χ4v) is 1.30. The van der Waals surface area contributed by atoms with E-state index in [9.17, 15) is 0 Å². The molecule has 0 bridgehead atoms. The van der Waals surface area contributed by atoms with Gasteiger partial charge in [-0.25, -0.2) is 4.98 Å². The summed E-state index contributed by atoms with van der Waals surface area (Å²) in [5, 5.41) is 4.11. The fraction of sp³-hybridized carbons (Fsp3) is 0.143. The summed E-state index contributed by atoms with van der Waals surface area (Å²) in [4.78, 5) is 4.06. The number of aryl methyl sites for hydroxylation is 1. The van der Waals surface area contributed by atoms with Crippen LogP contribution in [0.15, 0.2) is 10.6 Å². The molecule has 2 aromatic rings. The number of halogens is 1. The molecule has 0 radical (unpaired) electrons. The van der Waals surface area contributed by atoms with Gasteiger partial charge in [0.15, 0.2) is 0 Å². The van der Waals surface area contributed by atoms with Crippen LogP contribution in [0, 0.1) is 6.92 Å². The van der Waals surface area contributed by atoms with Gasteiger partial charge in [0.1, 0.15) is 16.4 Å². The van der Waals surface area contributed by atoms with E-state index in [1.54, 1.807) is 13.0 Å². The molecule has 2 rings (SSSR count). The van der Waals surface area contributed by atoms with E-state index >= 15 is 0 Å². The lowest BCUT2D eigenvalue weighted by molar-refractivity contribution is 0.451. The van der Waals surface area contributed by atoms with E-state index in [-0.39, 0.29) is 0 Å². The van der Waals surface area contributed by atoms with E-state index in [1.807, 2.05) is 0 Å². The summed E-state index contributed by atoms with van der Waals surface area (Å²) < 4.78 is 5.01. The highest BCUT2D eigenvalue weighted by molar-refractivity contribution is 6.30. The number of aromatic nitrogens is 2. The summed E-state index contributed by atoms with van der Waals surface area (Å²) in [6.07, 6.45) is 0. The highest BCUT2D eigenvalue weighted by Gasteiger charge is 2.11. The Morgan fingerprint density at radius 3 is 3.08 bits per heavy atom. The van der Waals surface area contributed by atoms with Crippen molar-refractivity contribution < 1.29 is 4.52 Å². The zero-order valence-electron chi connectivity index (χ0n) is 6.84. The van der Waals surface area contributed by atoms with Gasteiger partial charge in [0.2, 0.25) is 5.58 Å². The minimum Gasteiger partial charge on any atom is -0.352 e. The number of nitrogen functional groups attached to an aromatic ring is 1. The summed E-state index contributed by atoms with van der Waals surface area (Å²) in [6, 6.07) is 1.58. The van der Waals surface area contributed by atoms with Crippen LogP contribution in [0.5, 0.6) is 0 Å². The molecule has 0 atom stereocenters. The van der Waals surface area contributed by atoms with Gasteiger partial charge in [-0.05, 0) is 6.92 Å². The number of hydrazine groups is 1. The van der Waals surface area contributed by atoms with Crippen molar-refractivity contribution in [2.45, 2.75) is 6.92 Å². The molecule has 0 fully saturated rings. The van der Waals surface area contributed by atoms with Crippen molar-refractivity contribution >= 4 is 28.4 Å².